The van der Waals surface area contributed by atoms with Gasteiger partial charge >= 0.3 is 5.97 Å². The summed E-state index contributed by atoms with van der Waals surface area (Å²) in [6, 6.07) is 11.0. The lowest BCUT2D eigenvalue weighted by Crippen LogP contribution is -2.21. The number of nitrogens with zero attached hydrogens (tertiary/aromatic N) is 2. The maximum atomic E-state index is 12.1. The Labute approximate surface area is 175 Å². The molecule has 0 bridgehead atoms. The number of para-hydroxylation sites is 1. The van der Waals surface area contributed by atoms with E-state index in [0.29, 0.717) is 17.5 Å². The summed E-state index contributed by atoms with van der Waals surface area (Å²) in [5.74, 6) is 0.141. The molecule has 0 aliphatic rings. The first-order valence-corrected chi connectivity index (χ1v) is 9.11. The van der Waals surface area contributed by atoms with E-state index in [2.05, 4.69) is 15.5 Å². The van der Waals surface area contributed by atoms with E-state index in [1.54, 1.807) is 37.3 Å². The molecule has 0 radical (unpaired) electrons. The number of carbonyl (C=O) groups is 2. The third-order valence-electron chi connectivity index (χ3n) is 3.59. The van der Waals surface area contributed by atoms with Crippen molar-refractivity contribution in [2.45, 2.75) is 13.5 Å². The maximum Gasteiger partial charge on any atom is 0.338 e. The molecule has 0 unspecified atom stereocenters. The number of aromatic nitrogens is 2. The number of amides is 1. The highest BCUT2D eigenvalue weighted by molar-refractivity contribution is 6.39. The van der Waals surface area contributed by atoms with Crippen LogP contribution in [0.4, 0.5) is 5.69 Å². The number of hydrogen-bond donors (Lipinski definition) is 1. The molecule has 3 aromatic rings. The van der Waals surface area contributed by atoms with Crippen molar-refractivity contribution in [3.63, 3.8) is 0 Å². The van der Waals surface area contributed by atoms with Crippen molar-refractivity contribution in [1.82, 2.24) is 10.1 Å². The number of carbonyl (C=O) groups excluding carboxylic acids is 2. The second-order valence-electron chi connectivity index (χ2n) is 5.76. The van der Waals surface area contributed by atoms with Gasteiger partial charge in [0, 0.05) is 6.92 Å². The van der Waals surface area contributed by atoms with Crippen molar-refractivity contribution >= 4 is 40.8 Å². The third-order valence-corrected chi connectivity index (χ3v) is 4.22. The van der Waals surface area contributed by atoms with Crippen LogP contribution in [0, 0.1) is 6.92 Å². The number of esters is 1. The Hall–Kier alpha value is -3.10. The molecular weight excluding hydrogens is 421 g/mol. The number of halogens is 2. The summed E-state index contributed by atoms with van der Waals surface area (Å²) in [4.78, 5) is 28.1. The van der Waals surface area contributed by atoms with Gasteiger partial charge in [-0.25, -0.2) is 4.79 Å². The van der Waals surface area contributed by atoms with Crippen LogP contribution in [0.2, 0.25) is 10.0 Å². The van der Waals surface area contributed by atoms with Crippen LogP contribution in [0.5, 0.6) is 5.75 Å². The molecule has 0 aliphatic heterocycles. The van der Waals surface area contributed by atoms with E-state index in [-0.39, 0.29) is 27.9 Å². The Bertz CT molecular complexity index is 1000. The molecule has 1 amide bonds. The lowest BCUT2D eigenvalue weighted by Gasteiger charge is -2.10. The quantitative estimate of drug-likeness (QED) is 0.557. The van der Waals surface area contributed by atoms with Crippen LogP contribution in [-0.4, -0.2) is 28.6 Å². The van der Waals surface area contributed by atoms with Gasteiger partial charge in [0.15, 0.2) is 13.2 Å². The van der Waals surface area contributed by atoms with Gasteiger partial charge in [-0.3, -0.25) is 4.79 Å². The molecule has 0 saturated carbocycles. The maximum absolute atomic E-state index is 12.1. The Morgan fingerprint density at radius 1 is 1.10 bits per heavy atom. The molecular formula is C19H15Cl2N3O5. The Morgan fingerprint density at radius 3 is 2.41 bits per heavy atom. The minimum atomic E-state index is -0.661. The van der Waals surface area contributed by atoms with Gasteiger partial charge in [-0.1, -0.05) is 34.4 Å². The van der Waals surface area contributed by atoms with Crippen LogP contribution in [0.1, 0.15) is 22.1 Å². The number of rotatable bonds is 7. The largest absolute Gasteiger partial charge is 0.485 e. The van der Waals surface area contributed by atoms with E-state index in [1.165, 1.54) is 12.1 Å². The molecule has 0 fully saturated rings. The SMILES string of the molecule is Cc1nc(COc2ccc(C(=O)OCC(=O)Nc3c(Cl)cccc3Cl)cc2)no1. The first kappa shape index (κ1) is 20.6. The summed E-state index contributed by atoms with van der Waals surface area (Å²) in [6.45, 7) is 1.32. The average molecular weight is 436 g/mol. The molecule has 2 aromatic carbocycles. The Kier molecular flexibility index (Phi) is 6.69. The molecule has 10 heteroatoms. The van der Waals surface area contributed by atoms with Crippen LogP contribution in [0.3, 0.4) is 0 Å². The Balaban J connectivity index is 1.49. The average Bonchev–Trinajstić information content (AvgIpc) is 3.13. The summed E-state index contributed by atoms with van der Waals surface area (Å²) in [5, 5.41) is 6.79. The van der Waals surface area contributed by atoms with Gasteiger partial charge < -0.3 is 19.3 Å². The predicted molar refractivity (Wildman–Crippen MR) is 105 cm³/mol. The second-order valence-corrected chi connectivity index (χ2v) is 6.58. The van der Waals surface area contributed by atoms with Gasteiger partial charge in [0.2, 0.25) is 11.7 Å². The first-order chi connectivity index (χ1) is 13.9. The van der Waals surface area contributed by atoms with Crippen molar-refractivity contribution in [3.05, 3.63) is 69.8 Å². The fraction of sp³-hybridized carbons (Fsp3) is 0.158. The number of hydrogen-bond acceptors (Lipinski definition) is 7. The van der Waals surface area contributed by atoms with E-state index in [1.807, 2.05) is 0 Å². The molecule has 0 saturated heterocycles. The molecule has 1 heterocycles. The van der Waals surface area contributed by atoms with E-state index in [9.17, 15) is 9.59 Å². The number of anilines is 1. The normalized spacial score (nSPS) is 10.4. The smallest absolute Gasteiger partial charge is 0.338 e. The number of aryl methyl sites for hydroxylation is 1. The zero-order valence-electron chi connectivity index (χ0n) is 15.1. The Morgan fingerprint density at radius 2 is 1.79 bits per heavy atom. The minimum absolute atomic E-state index is 0.131. The summed E-state index contributed by atoms with van der Waals surface area (Å²) in [7, 11) is 0. The van der Waals surface area contributed by atoms with Crippen LogP contribution in [0.25, 0.3) is 0 Å². The highest BCUT2D eigenvalue weighted by Gasteiger charge is 2.13. The van der Waals surface area contributed by atoms with E-state index >= 15 is 0 Å². The van der Waals surface area contributed by atoms with Gasteiger partial charge in [-0.2, -0.15) is 4.98 Å². The van der Waals surface area contributed by atoms with Gasteiger partial charge in [0.1, 0.15) is 5.75 Å². The predicted octanol–water partition coefficient (Wildman–Crippen LogP) is 4.06. The molecule has 1 N–H and O–H groups in total. The summed E-state index contributed by atoms with van der Waals surface area (Å²) in [6.07, 6.45) is 0. The first-order valence-electron chi connectivity index (χ1n) is 8.35. The van der Waals surface area contributed by atoms with Crippen LogP contribution < -0.4 is 10.1 Å². The molecule has 150 valence electrons. The van der Waals surface area contributed by atoms with Gasteiger partial charge in [0.05, 0.1) is 21.3 Å². The molecule has 0 spiro atoms. The van der Waals surface area contributed by atoms with Crippen LogP contribution in [-0.2, 0) is 16.1 Å². The van der Waals surface area contributed by atoms with Crippen molar-refractivity contribution in [2.75, 3.05) is 11.9 Å². The van der Waals surface area contributed by atoms with E-state index in [4.69, 9.17) is 37.2 Å². The summed E-state index contributed by atoms with van der Waals surface area (Å²) < 4.78 is 15.4. The van der Waals surface area contributed by atoms with Crippen LogP contribution in [0.15, 0.2) is 47.0 Å². The van der Waals surface area contributed by atoms with E-state index in [0.717, 1.165) is 0 Å². The lowest BCUT2D eigenvalue weighted by molar-refractivity contribution is -0.119. The van der Waals surface area contributed by atoms with Crippen molar-refractivity contribution in [1.29, 1.82) is 0 Å². The summed E-state index contributed by atoms with van der Waals surface area (Å²) in [5.41, 5.74) is 0.520. The van der Waals surface area contributed by atoms with Crippen molar-refractivity contribution in [2.24, 2.45) is 0 Å². The topological polar surface area (TPSA) is 104 Å². The second kappa shape index (κ2) is 9.40. The number of ether oxygens (including phenoxy) is 2. The standard InChI is InChI=1S/C19H15Cl2N3O5/c1-11-22-16(24-29-11)9-27-13-7-5-12(6-8-13)19(26)28-10-17(25)23-18-14(20)3-2-4-15(18)21/h2-8H,9-10H2,1H3,(H,23,25). The number of nitrogens with one attached hydrogen (secondary N) is 1. The highest BCUT2D eigenvalue weighted by Crippen LogP contribution is 2.29. The molecule has 3 rings (SSSR count). The third kappa shape index (κ3) is 5.69. The molecule has 0 atom stereocenters. The highest BCUT2D eigenvalue weighted by atomic mass is 35.5. The summed E-state index contributed by atoms with van der Waals surface area (Å²) >= 11 is 12.0. The fourth-order valence-corrected chi connectivity index (χ4v) is 2.73. The van der Waals surface area contributed by atoms with Crippen LogP contribution >= 0.6 is 23.2 Å². The van der Waals surface area contributed by atoms with Gasteiger partial charge in [-0.05, 0) is 36.4 Å². The molecule has 29 heavy (non-hydrogen) atoms. The fourth-order valence-electron chi connectivity index (χ4n) is 2.24. The monoisotopic (exact) mass is 435 g/mol. The lowest BCUT2D eigenvalue weighted by atomic mass is 10.2. The van der Waals surface area contributed by atoms with Crippen molar-refractivity contribution < 1.29 is 23.6 Å². The minimum Gasteiger partial charge on any atom is -0.485 e. The van der Waals surface area contributed by atoms with E-state index < -0.39 is 18.5 Å². The zero-order chi connectivity index (χ0) is 20.8. The number of benzene rings is 2. The molecule has 0 aliphatic carbocycles. The molecule has 8 nitrogen and oxygen atoms in total. The zero-order valence-corrected chi connectivity index (χ0v) is 16.7. The van der Waals surface area contributed by atoms with Gasteiger partial charge in [0.25, 0.3) is 5.91 Å². The van der Waals surface area contributed by atoms with Crippen molar-refractivity contribution in [3.8, 4) is 5.75 Å². The molecule has 1 aromatic heterocycles. The van der Waals surface area contributed by atoms with Gasteiger partial charge in [-0.15, -0.1) is 0 Å².